The number of aryl methyl sites for hydroxylation is 1. The van der Waals surface area contributed by atoms with Gasteiger partial charge in [-0.15, -0.1) is 0 Å². The number of anilines is 2. The van der Waals surface area contributed by atoms with Crippen molar-refractivity contribution >= 4 is 23.0 Å². The molecular formula is C20H21N3O2. The van der Waals surface area contributed by atoms with E-state index in [4.69, 9.17) is 0 Å². The summed E-state index contributed by atoms with van der Waals surface area (Å²) in [5.74, 6) is -0.198. The Kier molecular flexibility index (Phi) is 5.26. The van der Waals surface area contributed by atoms with Gasteiger partial charge < -0.3 is 10.4 Å². The van der Waals surface area contributed by atoms with Crippen LogP contribution >= 0.6 is 0 Å². The minimum atomic E-state index is -0.198. The van der Waals surface area contributed by atoms with Crippen LogP contribution in [0.15, 0.2) is 71.5 Å². The fourth-order valence-corrected chi connectivity index (χ4v) is 2.76. The van der Waals surface area contributed by atoms with Gasteiger partial charge in [-0.25, -0.2) is 0 Å². The number of aliphatic hydroxyl groups excluding tert-OH is 1. The molecule has 0 saturated heterocycles. The highest BCUT2D eigenvalue weighted by molar-refractivity contribution is 6.30. The van der Waals surface area contributed by atoms with E-state index >= 15 is 0 Å². The number of hydrazone groups is 1. The number of para-hydroxylation sites is 2. The molecule has 1 heterocycles. The van der Waals surface area contributed by atoms with E-state index in [-0.39, 0.29) is 12.5 Å². The number of nitrogens with zero attached hydrogens (tertiary/aromatic N) is 2. The summed E-state index contributed by atoms with van der Waals surface area (Å²) in [6.45, 7) is 2.03. The minimum absolute atomic E-state index is 0.0579. The lowest BCUT2D eigenvalue weighted by atomic mass is 10.1. The Morgan fingerprint density at radius 3 is 2.56 bits per heavy atom. The molecule has 0 bridgehead atoms. The third-order valence-electron chi connectivity index (χ3n) is 4.07. The van der Waals surface area contributed by atoms with Crippen LogP contribution in [0.5, 0.6) is 0 Å². The van der Waals surface area contributed by atoms with Crippen LogP contribution in [0.3, 0.4) is 0 Å². The van der Waals surface area contributed by atoms with Gasteiger partial charge in [0.05, 0.1) is 17.0 Å². The van der Waals surface area contributed by atoms with Crippen molar-refractivity contribution in [2.75, 3.05) is 16.9 Å². The molecule has 0 unspecified atom stereocenters. The van der Waals surface area contributed by atoms with Crippen LogP contribution in [-0.4, -0.2) is 23.3 Å². The molecule has 1 aliphatic heterocycles. The number of hydrogen-bond donors (Lipinski definition) is 2. The first kappa shape index (κ1) is 16.9. The molecule has 1 aliphatic rings. The van der Waals surface area contributed by atoms with Gasteiger partial charge in [-0.3, -0.25) is 4.79 Å². The average molecular weight is 335 g/mol. The van der Waals surface area contributed by atoms with Gasteiger partial charge in [0.15, 0.2) is 0 Å². The van der Waals surface area contributed by atoms with Crippen molar-refractivity contribution in [3.63, 3.8) is 0 Å². The molecule has 3 rings (SSSR count). The van der Waals surface area contributed by atoms with Crippen LogP contribution in [0.1, 0.15) is 18.9 Å². The van der Waals surface area contributed by atoms with E-state index < -0.39 is 0 Å². The van der Waals surface area contributed by atoms with E-state index in [0.29, 0.717) is 23.4 Å². The van der Waals surface area contributed by atoms with Crippen molar-refractivity contribution in [2.45, 2.75) is 19.8 Å². The highest BCUT2D eigenvalue weighted by Crippen LogP contribution is 2.25. The molecule has 0 fully saturated rings. The smallest absolute Gasteiger partial charge is 0.282 e. The number of carbonyl (C=O) groups is 1. The zero-order valence-electron chi connectivity index (χ0n) is 14.1. The van der Waals surface area contributed by atoms with Crippen LogP contribution in [0.2, 0.25) is 0 Å². The monoisotopic (exact) mass is 335 g/mol. The Labute approximate surface area is 147 Å². The van der Waals surface area contributed by atoms with E-state index in [2.05, 4.69) is 23.4 Å². The van der Waals surface area contributed by atoms with Crippen LogP contribution in [0, 0.1) is 0 Å². The number of aliphatic hydroxyl groups is 1. The van der Waals surface area contributed by atoms with Crippen molar-refractivity contribution in [3.05, 3.63) is 71.9 Å². The molecular weight excluding hydrogens is 314 g/mol. The number of amides is 1. The lowest BCUT2D eigenvalue weighted by Gasteiger charge is -2.11. The first-order valence-corrected chi connectivity index (χ1v) is 8.37. The number of benzene rings is 2. The van der Waals surface area contributed by atoms with Crippen molar-refractivity contribution in [1.29, 1.82) is 0 Å². The molecule has 25 heavy (non-hydrogen) atoms. The second-order valence-corrected chi connectivity index (χ2v) is 5.69. The van der Waals surface area contributed by atoms with Crippen molar-refractivity contribution in [2.24, 2.45) is 5.10 Å². The molecule has 0 atom stereocenters. The summed E-state index contributed by atoms with van der Waals surface area (Å²) in [6, 6.07) is 17.3. The quantitative estimate of drug-likeness (QED) is 0.796. The first-order valence-electron chi connectivity index (χ1n) is 8.37. The van der Waals surface area contributed by atoms with Crippen molar-refractivity contribution in [3.8, 4) is 0 Å². The number of hydrogen-bond acceptors (Lipinski definition) is 4. The Morgan fingerprint density at radius 1 is 1.12 bits per heavy atom. The fraction of sp³-hybridized carbons (Fsp3) is 0.200. The van der Waals surface area contributed by atoms with E-state index in [9.17, 15) is 9.90 Å². The molecule has 2 aromatic carbocycles. The summed E-state index contributed by atoms with van der Waals surface area (Å²) in [4.78, 5) is 12.8. The number of nitrogens with one attached hydrogen (secondary N) is 1. The molecule has 2 aromatic rings. The van der Waals surface area contributed by atoms with Crippen molar-refractivity contribution in [1.82, 2.24) is 0 Å². The maximum absolute atomic E-state index is 12.8. The summed E-state index contributed by atoms with van der Waals surface area (Å²) >= 11 is 0. The highest BCUT2D eigenvalue weighted by atomic mass is 16.3. The Morgan fingerprint density at radius 2 is 1.84 bits per heavy atom. The van der Waals surface area contributed by atoms with Gasteiger partial charge in [0.2, 0.25) is 0 Å². The van der Waals surface area contributed by atoms with Gasteiger partial charge in [-0.1, -0.05) is 43.3 Å². The van der Waals surface area contributed by atoms with E-state index in [0.717, 1.165) is 12.1 Å². The molecule has 5 nitrogen and oxygen atoms in total. The molecule has 128 valence electrons. The molecule has 0 aliphatic carbocycles. The van der Waals surface area contributed by atoms with E-state index in [1.807, 2.05) is 48.5 Å². The zero-order chi connectivity index (χ0) is 17.6. The first-order chi connectivity index (χ1) is 12.2. The normalized spacial score (nSPS) is 15.6. The average Bonchev–Trinajstić information content (AvgIpc) is 2.97. The largest absolute Gasteiger partial charge is 0.396 e. The molecule has 0 radical (unpaired) electrons. The van der Waals surface area contributed by atoms with Crippen molar-refractivity contribution < 1.29 is 9.90 Å². The second kappa shape index (κ2) is 7.77. The lowest BCUT2D eigenvalue weighted by molar-refractivity contribution is -0.114. The Bertz CT molecular complexity index is 813. The summed E-state index contributed by atoms with van der Waals surface area (Å²) in [5.41, 5.74) is 3.90. The maximum Gasteiger partial charge on any atom is 0.282 e. The third kappa shape index (κ3) is 3.61. The molecule has 2 N–H and O–H groups in total. The van der Waals surface area contributed by atoms with Gasteiger partial charge in [-0.05, 0) is 30.2 Å². The molecule has 0 saturated carbocycles. The van der Waals surface area contributed by atoms with E-state index in [1.165, 1.54) is 10.6 Å². The summed E-state index contributed by atoms with van der Waals surface area (Å²) in [6.07, 6.45) is 2.92. The summed E-state index contributed by atoms with van der Waals surface area (Å²) < 4.78 is 0. The molecule has 0 aromatic heterocycles. The Hall–Kier alpha value is -2.92. The maximum atomic E-state index is 12.8. The van der Waals surface area contributed by atoms with Gasteiger partial charge in [0.1, 0.15) is 0 Å². The van der Waals surface area contributed by atoms with Gasteiger partial charge >= 0.3 is 0 Å². The molecule has 1 amide bonds. The third-order valence-corrected chi connectivity index (χ3v) is 4.07. The SMILES string of the molecule is CCc1ccccc1NC=C1C(=O)N(c2ccccc2)N=C1CCO. The predicted molar refractivity (Wildman–Crippen MR) is 101 cm³/mol. The van der Waals surface area contributed by atoms with Crippen LogP contribution in [0.4, 0.5) is 11.4 Å². The molecule has 5 heteroatoms. The Balaban J connectivity index is 1.89. The van der Waals surface area contributed by atoms with E-state index in [1.54, 1.807) is 6.20 Å². The van der Waals surface area contributed by atoms with Gasteiger partial charge in [-0.2, -0.15) is 10.1 Å². The minimum Gasteiger partial charge on any atom is -0.396 e. The van der Waals surface area contributed by atoms with Crippen LogP contribution in [-0.2, 0) is 11.2 Å². The zero-order valence-corrected chi connectivity index (χ0v) is 14.1. The van der Waals surface area contributed by atoms with Gasteiger partial charge in [0.25, 0.3) is 5.91 Å². The standard InChI is InChI=1S/C20H21N3O2/c1-2-15-8-6-7-11-18(15)21-14-17-19(12-13-24)22-23(20(17)25)16-9-4-3-5-10-16/h3-11,14,21,24H,2,12-13H2,1H3. The lowest BCUT2D eigenvalue weighted by Crippen LogP contribution is -2.22. The van der Waals surface area contributed by atoms with Gasteiger partial charge in [0, 0.05) is 24.9 Å². The predicted octanol–water partition coefficient (Wildman–Crippen LogP) is 3.33. The van der Waals surface area contributed by atoms with Crippen LogP contribution in [0.25, 0.3) is 0 Å². The summed E-state index contributed by atoms with van der Waals surface area (Å²) in [7, 11) is 0. The molecule has 0 spiro atoms. The number of rotatable bonds is 6. The van der Waals surface area contributed by atoms with Crippen LogP contribution < -0.4 is 10.3 Å². The summed E-state index contributed by atoms with van der Waals surface area (Å²) in [5, 5.41) is 18.3. The highest BCUT2D eigenvalue weighted by Gasteiger charge is 2.30. The fourth-order valence-electron chi connectivity index (χ4n) is 2.76. The number of carbonyl (C=O) groups excluding carboxylic acids is 1. The topological polar surface area (TPSA) is 64.9 Å². The second-order valence-electron chi connectivity index (χ2n) is 5.69.